The van der Waals surface area contributed by atoms with Gasteiger partial charge in [-0.25, -0.2) is 13.7 Å². The van der Waals surface area contributed by atoms with Gasteiger partial charge in [0.05, 0.1) is 12.1 Å². The van der Waals surface area contributed by atoms with Gasteiger partial charge in [0.15, 0.2) is 0 Å². The van der Waals surface area contributed by atoms with Crippen molar-refractivity contribution in [3.05, 3.63) is 65.5 Å². The number of carbonyl (C=O) groups excluding carboxylic acids is 3. The lowest BCUT2D eigenvalue weighted by atomic mass is 9.96. The average molecular weight is 571 g/mol. The van der Waals surface area contributed by atoms with Crippen LogP contribution in [0.25, 0.3) is 0 Å². The van der Waals surface area contributed by atoms with E-state index < -0.39 is 41.4 Å². The third-order valence-electron chi connectivity index (χ3n) is 8.18. The molecule has 2 aliphatic heterocycles. The molecular formula is C30H37FN3O7+. The lowest BCUT2D eigenvalue weighted by Crippen LogP contribution is -2.73. The number of rotatable bonds is 3. The van der Waals surface area contributed by atoms with E-state index in [1.807, 2.05) is 39.0 Å². The fourth-order valence-electron chi connectivity index (χ4n) is 5.56. The molecule has 1 unspecified atom stereocenters. The molecule has 0 spiro atoms. The van der Waals surface area contributed by atoms with Crippen molar-refractivity contribution >= 4 is 23.9 Å². The fourth-order valence-corrected chi connectivity index (χ4v) is 5.56. The van der Waals surface area contributed by atoms with Gasteiger partial charge in [-0.15, -0.1) is 0 Å². The Morgan fingerprint density at radius 2 is 1.85 bits per heavy atom. The van der Waals surface area contributed by atoms with E-state index in [0.717, 1.165) is 22.6 Å². The second kappa shape index (κ2) is 11.9. The second-order valence-corrected chi connectivity index (χ2v) is 11.6. The summed E-state index contributed by atoms with van der Waals surface area (Å²) < 4.78 is 25.6. The summed E-state index contributed by atoms with van der Waals surface area (Å²) in [6.45, 7) is 5.86. The molecule has 2 aromatic rings. The van der Waals surface area contributed by atoms with Crippen LogP contribution in [0.5, 0.6) is 5.75 Å². The van der Waals surface area contributed by atoms with E-state index in [1.54, 1.807) is 17.0 Å². The molecule has 0 aliphatic carbocycles. The number of nitrogens with zero attached hydrogens (tertiary/aromatic N) is 3. The lowest BCUT2D eigenvalue weighted by Gasteiger charge is -2.51. The molecule has 2 heterocycles. The maximum atomic E-state index is 14.3. The minimum Gasteiger partial charge on any atom is -0.490 e. The zero-order chi connectivity index (χ0) is 29.9. The summed E-state index contributed by atoms with van der Waals surface area (Å²) in [5.74, 6) is -2.23. The summed E-state index contributed by atoms with van der Waals surface area (Å²) in [7, 11) is 1.41. The van der Waals surface area contributed by atoms with E-state index in [-0.39, 0.29) is 67.4 Å². The van der Waals surface area contributed by atoms with E-state index in [0.29, 0.717) is 0 Å². The van der Waals surface area contributed by atoms with Crippen LogP contribution in [-0.4, -0.2) is 94.2 Å². The second-order valence-electron chi connectivity index (χ2n) is 11.6. The van der Waals surface area contributed by atoms with E-state index in [9.17, 15) is 28.7 Å². The Hall–Kier alpha value is -3.99. The molecule has 3 atom stereocenters. The van der Waals surface area contributed by atoms with Crippen molar-refractivity contribution < 1.29 is 42.6 Å². The molecule has 0 aromatic heterocycles. The van der Waals surface area contributed by atoms with Gasteiger partial charge in [0.25, 0.3) is 5.91 Å². The molecule has 0 bridgehead atoms. The third-order valence-corrected chi connectivity index (χ3v) is 8.18. The summed E-state index contributed by atoms with van der Waals surface area (Å²) >= 11 is 0. The number of hydrogen-bond acceptors (Lipinski definition) is 6. The summed E-state index contributed by atoms with van der Waals surface area (Å²) in [6, 6.07) is 10.8. The van der Waals surface area contributed by atoms with Crippen LogP contribution in [0, 0.1) is 5.82 Å². The number of hydrogen-bond donors (Lipinski definition) is 1. The topological polar surface area (TPSA) is 113 Å². The van der Waals surface area contributed by atoms with Crippen LogP contribution in [0.4, 0.5) is 9.18 Å². The molecule has 0 saturated carbocycles. The maximum absolute atomic E-state index is 14.3. The number of carbonyl (C=O) groups is 4. The number of piperazine rings is 1. The summed E-state index contributed by atoms with van der Waals surface area (Å²) in [6.07, 6.45) is -1.12. The molecule has 10 nitrogen and oxygen atoms in total. The smallest absolute Gasteiger partial charge is 0.490 e. The van der Waals surface area contributed by atoms with Crippen LogP contribution < -0.4 is 4.74 Å². The van der Waals surface area contributed by atoms with Crippen LogP contribution in [-0.2, 0) is 20.9 Å². The molecule has 2 aliphatic rings. The quantitative estimate of drug-likeness (QED) is 0.442. The van der Waals surface area contributed by atoms with Crippen molar-refractivity contribution in [2.24, 2.45) is 0 Å². The number of benzene rings is 2. The molecule has 1 fully saturated rings. The number of fused-ring (bicyclic) bond motifs is 2. The summed E-state index contributed by atoms with van der Waals surface area (Å²) in [4.78, 5) is 55.7. The van der Waals surface area contributed by atoms with Gasteiger partial charge in [-0.05, 0) is 51.0 Å². The minimum absolute atomic E-state index is 0.0172. The highest BCUT2D eigenvalue weighted by molar-refractivity contribution is 5.99. The van der Waals surface area contributed by atoms with Gasteiger partial charge in [-0.2, -0.15) is 4.79 Å². The van der Waals surface area contributed by atoms with Crippen molar-refractivity contribution in [3.8, 4) is 5.75 Å². The SMILES string of the molecule is CN1C(=O)c2cc(F)ccc2OC[C@@H]2C[N+](C(=O)O)(C(C)(C)C)CCN2C(=O)CC[C@H]1C(=O)OCc1ccccc1. The molecule has 4 rings (SSSR count). The Kier molecular flexibility index (Phi) is 8.67. The number of esters is 1. The number of halogens is 1. The summed E-state index contributed by atoms with van der Waals surface area (Å²) in [5.41, 5.74) is 0.00480. The predicted octanol–water partition coefficient (Wildman–Crippen LogP) is 3.69. The van der Waals surface area contributed by atoms with Crippen LogP contribution in [0.1, 0.15) is 49.5 Å². The molecule has 220 valence electrons. The van der Waals surface area contributed by atoms with Crippen LogP contribution in [0.2, 0.25) is 0 Å². The van der Waals surface area contributed by atoms with Crippen molar-refractivity contribution in [2.75, 3.05) is 33.3 Å². The molecule has 0 radical (unpaired) electrons. The third kappa shape index (κ3) is 6.19. The van der Waals surface area contributed by atoms with Gasteiger partial charge in [-0.1, -0.05) is 30.3 Å². The molecule has 1 saturated heterocycles. The van der Waals surface area contributed by atoms with E-state index in [4.69, 9.17) is 9.47 Å². The number of amides is 3. The highest BCUT2D eigenvalue weighted by Crippen LogP contribution is 2.32. The van der Waals surface area contributed by atoms with Crippen molar-refractivity contribution in [1.29, 1.82) is 0 Å². The Morgan fingerprint density at radius 1 is 1.15 bits per heavy atom. The molecular weight excluding hydrogens is 533 g/mol. The van der Waals surface area contributed by atoms with Gasteiger partial charge in [-0.3, -0.25) is 9.59 Å². The predicted molar refractivity (Wildman–Crippen MR) is 147 cm³/mol. The van der Waals surface area contributed by atoms with E-state index in [1.165, 1.54) is 13.1 Å². The first-order valence-corrected chi connectivity index (χ1v) is 13.6. The van der Waals surface area contributed by atoms with Gasteiger partial charge in [0.1, 0.15) is 55.5 Å². The Balaban J connectivity index is 1.68. The number of quaternary nitrogens is 1. The van der Waals surface area contributed by atoms with Gasteiger partial charge in [0.2, 0.25) is 5.91 Å². The summed E-state index contributed by atoms with van der Waals surface area (Å²) in [5, 5.41) is 10.3. The van der Waals surface area contributed by atoms with Gasteiger partial charge in [0, 0.05) is 13.5 Å². The zero-order valence-corrected chi connectivity index (χ0v) is 23.8. The molecule has 11 heteroatoms. The number of likely N-dealkylation sites (N-methyl/N-ethyl adjacent to an activating group) is 1. The number of carboxylic acid groups (broad SMARTS) is 1. The Labute approximate surface area is 238 Å². The van der Waals surface area contributed by atoms with E-state index in [2.05, 4.69) is 0 Å². The minimum atomic E-state index is -1.13. The maximum Gasteiger partial charge on any atom is 0.514 e. The van der Waals surface area contributed by atoms with Crippen LogP contribution >= 0.6 is 0 Å². The molecule has 2 aromatic carbocycles. The van der Waals surface area contributed by atoms with Crippen LogP contribution in [0.15, 0.2) is 48.5 Å². The van der Waals surface area contributed by atoms with Gasteiger partial charge >= 0.3 is 12.1 Å². The first-order valence-electron chi connectivity index (χ1n) is 13.6. The Morgan fingerprint density at radius 3 is 2.51 bits per heavy atom. The average Bonchev–Trinajstić information content (AvgIpc) is 2.94. The zero-order valence-electron chi connectivity index (χ0n) is 23.8. The molecule has 3 amide bonds. The fraction of sp³-hybridized carbons (Fsp3) is 0.467. The van der Waals surface area contributed by atoms with Crippen molar-refractivity contribution in [1.82, 2.24) is 9.80 Å². The van der Waals surface area contributed by atoms with E-state index >= 15 is 0 Å². The van der Waals surface area contributed by atoms with Gasteiger partial charge < -0.3 is 24.4 Å². The first kappa shape index (κ1) is 30.0. The number of ether oxygens (including phenoxy) is 2. The largest absolute Gasteiger partial charge is 0.514 e. The molecule has 41 heavy (non-hydrogen) atoms. The van der Waals surface area contributed by atoms with Crippen LogP contribution in [0.3, 0.4) is 0 Å². The Bertz CT molecular complexity index is 1310. The normalized spacial score (nSPS) is 23.8. The first-order chi connectivity index (χ1) is 19.3. The standard InChI is InChI=1S/C30H36FN3O7/c1-30(2,3)34(29(38)39)15-14-33-22(17-34)19-40-25-12-10-21(31)16-23(25)27(36)32(4)24(11-13-26(33)35)28(37)41-18-20-8-6-5-7-9-20/h5-10,12,16,22,24H,11,13-15,17-19H2,1-4H3/p+1/t22-,24-,34?/m0/s1. The lowest BCUT2D eigenvalue weighted by molar-refractivity contribution is -0.909. The van der Waals surface area contributed by atoms with Crippen molar-refractivity contribution in [3.63, 3.8) is 0 Å². The monoisotopic (exact) mass is 570 g/mol. The highest BCUT2D eigenvalue weighted by Gasteiger charge is 2.53. The van der Waals surface area contributed by atoms with Crippen molar-refractivity contribution in [2.45, 2.75) is 57.8 Å². The molecule has 1 N–H and O–H groups in total. The highest BCUT2D eigenvalue weighted by atomic mass is 19.1.